The smallest absolute Gasteiger partial charge is 0.355 e. The number of fused-ring (bicyclic) bond motifs is 5. The lowest BCUT2D eigenvalue weighted by Crippen LogP contribution is -2.49. The average Bonchev–Trinajstić information content (AvgIpc) is 3.50. The number of esters is 2. The van der Waals surface area contributed by atoms with Crippen LogP contribution >= 0.6 is 0 Å². The molecule has 0 unspecified atom stereocenters. The summed E-state index contributed by atoms with van der Waals surface area (Å²) >= 11 is 0. The zero-order chi connectivity index (χ0) is 37.2. The molecular weight excluding hydrogens is 670 g/mol. The van der Waals surface area contributed by atoms with E-state index in [0.29, 0.717) is 42.7 Å². The standard InChI is InChI=1S/C37H45N7O8/c1-3-5-8-16-43-20-40-25-11-9-12-26-30(25)32(43)21-18-44-28(31(21)41-26)17-23-22(34(44)47)19-51-36(50)37(23,4-2)52-29(45)14-13-27(35(48)49)42-33(46)24(39)10-6-7-15-38/h9,11-12,17,20,24,27H,3-8,10,13-16,18-19,38-39H2,1-2H3,(H,42,46)(H,48,49)/t24-,27+,37+/m1/s1. The number of rotatable bonds is 16. The Hall–Kier alpha value is -5.15. The van der Waals surface area contributed by atoms with Crippen molar-refractivity contribution in [2.75, 3.05) is 18.0 Å². The number of amides is 1. The summed E-state index contributed by atoms with van der Waals surface area (Å²) in [6.07, 6.45) is 5.66. The van der Waals surface area contributed by atoms with E-state index in [1.807, 2.05) is 24.5 Å². The molecule has 0 saturated heterocycles. The van der Waals surface area contributed by atoms with Crippen molar-refractivity contribution in [3.05, 3.63) is 51.3 Å². The van der Waals surface area contributed by atoms with Crippen LogP contribution in [0, 0.1) is 0 Å². The van der Waals surface area contributed by atoms with Gasteiger partial charge in [0.25, 0.3) is 5.56 Å². The molecule has 2 aromatic heterocycles. The highest BCUT2D eigenvalue weighted by Gasteiger charge is 2.50. The van der Waals surface area contributed by atoms with Gasteiger partial charge in [0.1, 0.15) is 12.6 Å². The second-order valence-electron chi connectivity index (χ2n) is 13.5. The van der Waals surface area contributed by atoms with Crippen LogP contribution in [0.1, 0.15) is 88.3 Å². The summed E-state index contributed by atoms with van der Waals surface area (Å²) in [6.45, 7) is 4.91. The number of cyclic esters (lactones) is 1. The van der Waals surface area contributed by atoms with E-state index in [1.54, 1.807) is 17.6 Å². The van der Waals surface area contributed by atoms with Crippen LogP contribution < -0.4 is 27.2 Å². The number of nitrogens with one attached hydrogen (secondary N) is 1. The van der Waals surface area contributed by atoms with Gasteiger partial charge in [-0.2, -0.15) is 0 Å². The SMILES string of the molecule is CCCCCN1C=Nc2cccc3nc4c(c1c23)Cn1c-4cc2c(c1=O)COC(=O)[C@@]2(CC)OC(=O)CC[C@H](NC(=O)[C@H](N)CCCCN)C(=O)O. The molecule has 0 fully saturated rings. The number of aromatic nitrogens is 2. The maximum Gasteiger partial charge on any atom is 0.355 e. The molecule has 0 saturated carbocycles. The summed E-state index contributed by atoms with van der Waals surface area (Å²) in [7, 11) is 0. The van der Waals surface area contributed by atoms with Crippen molar-refractivity contribution < 1.29 is 33.8 Å². The zero-order valence-electron chi connectivity index (χ0n) is 29.5. The number of benzene rings is 1. The maximum absolute atomic E-state index is 14.2. The van der Waals surface area contributed by atoms with Crippen LogP contribution in [0.3, 0.4) is 0 Å². The third-order valence-corrected chi connectivity index (χ3v) is 10.1. The van der Waals surface area contributed by atoms with Gasteiger partial charge in [-0.25, -0.2) is 19.6 Å². The minimum Gasteiger partial charge on any atom is -0.480 e. The molecule has 0 spiro atoms. The Morgan fingerprint density at radius 1 is 1.12 bits per heavy atom. The van der Waals surface area contributed by atoms with E-state index in [1.165, 1.54) is 0 Å². The first-order valence-corrected chi connectivity index (χ1v) is 18.0. The van der Waals surface area contributed by atoms with E-state index in [2.05, 4.69) is 17.1 Å². The van der Waals surface area contributed by atoms with Gasteiger partial charge in [-0.05, 0) is 56.8 Å². The van der Waals surface area contributed by atoms with Crippen LogP contribution in [-0.4, -0.2) is 70.0 Å². The van der Waals surface area contributed by atoms with E-state index in [9.17, 15) is 29.1 Å². The van der Waals surface area contributed by atoms with E-state index in [-0.39, 0.29) is 42.7 Å². The maximum atomic E-state index is 14.2. The molecule has 276 valence electrons. The number of aliphatic imine (C=N–C) groups is 1. The lowest BCUT2D eigenvalue weighted by molar-refractivity contribution is -0.189. The largest absolute Gasteiger partial charge is 0.480 e. The summed E-state index contributed by atoms with van der Waals surface area (Å²) < 4.78 is 13.0. The minimum atomic E-state index is -1.97. The number of aliphatic carboxylic acids is 1. The molecule has 15 heteroatoms. The Bertz CT molecular complexity index is 2010. The topological polar surface area (TPSA) is 222 Å². The van der Waals surface area contributed by atoms with Gasteiger partial charge >= 0.3 is 17.9 Å². The number of anilines is 1. The van der Waals surface area contributed by atoms with Crippen molar-refractivity contribution in [2.24, 2.45) is 16.5 Å². The quantitative estimate of drug-likeness (QED) is 0.0971. The van der Waals surface area contributed by atoms with Crippen molar-refractivity contribution in [3.63, 3.8) is 0 Å². The molecular formula is C37H45N7O8. The molecule has 52 heavy (non-hydrogen) atoms. The summed E-state index contributed by atoms with van der Waals surface area (Å²) in [6, 6.07) is 5.06. The molecule has 3 aliphatic rings. The molecule has 3 atom stereocenters. The number of hydrogen-bond acceptors (Lipinski definition) is 12. The molecule has 1 aromatic carbocycles. The van der Waals surface area contributed by atoms with Crippen molar-refractivity contribution in [1.29, 1.82) is 0 Å². The molecule has 6 N–H and O–H groups in total. The van der Waals surface area contributed by atoms with Gasteiger partial charge < -0.3 is 40.8 Å². The van der Waals surface area contributed by atoms with Crippen LogP contribution in [0.25, 0.3) is 22.3 Å². The van der Waals surface area contributed by atoms with Gasteiger partial charge in [0, 0.05) is 24.1 Å². The van der Waals surface area contributed by atoms with Crippen LogP contribution in [0.4, 0.5) is 11.4 Å². The zero-order valence-corrected chi connectivity index (χ0v) is 29.5. The second kappa shape index (κ2) is 15.2. The Labute approximate surface area is 300 Å². The van der Waals surface area contributed by atoms with E-state index in [0.717, 1.165) is 48.1 Å². The summed E-state index contributed by atoms with van der Waals surface area (Å²) in [5.74, 6) is -3.75. The predicted octanol–water partition coefficient (Wildman–Crippen LogP) is 3.11. The van der Waals surface area contributed by atoms with Crippen LogP contribution in [0.15, 0.2) is 34.1 Å². The number of carboxylic acids is 1. The number of carbonyl (C=O) groups is 4. The first kappa shape index (κ1) is 36.6. The number of hydrogen-bond donors (Lipinski definition) is 4. The van der Waals surface area contributed by atoms with Crippen molar-refractivity contribution in [1.82, 2.24) is 14.9 Å². The highest BCUT2D eigenvalue weighted by molar-refractivity contribution is 6.11. The number of ether oxygens (including phenoxy) is 2. The molecule has 0 radical (unpaired) electrons. The first-order valence-electron chi connectivity index (χ1n) is 18.0. The molecule has 1 amide bonds. The van der Waals surface area contributed by atoms with Gasteiger partial charge in [-0.1, -0.05) is 39.2 Å². The van der Waals surface area contributed by atoms with Crippen molar-refractivity contribution in [3.8, 4) is 11.4 Å². The summed E-state index contributed by atoms with van der Waals surface area (Å²) in [4.78, 5) is 77.5. The van der Waals surface area contributed by atoms with Crippen molar-refractivity contribution >= 4 is 52.4 Å². The van der Waals surface area contributed by atoms with Gasteiger partial charge in [-0.3, -0.25) is 14.4 Å². The predicted molar refractivity (Wildman–Crippen MR) is 193 cm³/mol. The van der Waals surface area contributed by atoms with Gasteiger partial charge in [-0.15, -0.1) is 0 Å². The van der Waals surface area contributed by atoms with E-state index >= 15 is 0 Å². The number of carboxylic acid groups (broad SMARTS) is 1. The second-order valence-corrected chi connectivity index (χ2v) is 13.5. The van der Waals surface area contributed by atoms with Crippen LogP contribution in [-0.2, 0) is 47.4 Å². The fourth-order valence-electron chi connectivity index (χ4n) is 7.24. The number of unbranched alkanes of at least 4 members (excludes halogenated alkanes) is 3. The van der Waals surface area contributed by atoms with Crippen LogP contribution in [0.5, 0.6) is 0 Å². The fraction of sp³-hybridized carbons (Fsp3) is 0.486. The number of pyridine rings is 2. The van der Waals surface area contributed by atoms with Crippen LogP contribution in [0.2, 0.25) is 0 Å². The first-order chi connectivity index (χ1) is 25.0. The number of nitrogens with two attached hydrogens (primary N) is 2. The summed E-state index contributed by atoms with van der Waals surface area (Å²) in [5, 5.41) is 13.1. The molecule has 3 aromatic rings. The highest BCUT2D eigenvalue weighted by Crippen LogP contribution is 2.47. The normalized spacial score (nSPS) is 17.9. The Morgan fingerprint density at radius 2 is 1.92 bits per heavy atom. The Kier molecular flexibility index (Phi) is 10.7. The monoisotopic (exact) mass is 715 g/mol. The molecule has 5 heterocycles. The molecule has 15 nitrogen and oxygen atoms in total. The number of nitrogens with zero attached hydrogens (tertiary/aromatic N) is 4. The molecule has 3 aliphatic heterocycles. The minimum absolute atomic E-state index is 0.0570. The average molecular weight is 716 g/mol. The van der Waals surface area contributed by atoms with Gasteiger partial charge in [0.15, 0.2) is 0 Å². The number of carbonyl (C=O) groups excluding carboxylic acids is 3. The molecule has 0 aliphatic carbocycles. The lowest BCUT2D eigenvalue weighted by atomic mass is 9.85. The third-order valence-electron chi connectivity index (χ3n) is 10.1. The van der Waals surface area contributed by atoms with E-state index < -0.39 is 47.9 Å². The Balaban J connectivity index is 1.31. The molecule has 6 rings (SSSR count). The third kappa shape index (κ3) is 6.65. The lowest BCUT2D eigenvalue weighted by Gasteiger charge is -2.35. The van der Waals surface area contributed by atoms with Gasteiger partial charge in [0.05, 0.1) is 58.2 Å². The van der Waals surface area contributed by atoms with Crippen molar-refractivity contribution in [2.45, 2.75) is 102 Å². The molecule has 0 bridgehead atoms. The summed E-state index contributed by atoms with van der Waals surface area (Å²) in [5.41, 5.74) is 13.8. The van der Waals surface area contributed by atoms with Gasteiger partial charge in [0.2, 0.25) is 11.5 Å². The van der Waals surface area contributed by atoms with E-state index in [4.69, 9.17) is 30.9 Å². The highest BCUT2D eigenvalue weighted by atomic mass is 16.6. The fourth-order valence-corrected chi connectivity index (χ4v) is 7.24. The Morgan fingerprint density at radius 3 is 2.65 bits per heavy atom.